The van der Waals surface area contributed by atoms with E-state index in [1.165, 1.54) is 45.6 Å². The van der Waals surface area contributed by atoms with Gasteiger partial charge in [0.1, 0.15) is 11.9 Å². The third-order valence-electron chi connectivity index (χ3n) is 4.97. The van der Waals surface area contributed by atoms with Crippen molar-refractivity contribution in [3.63, 3.8) is 0 Å². The Morgan fingerprint density at radius 1 is 1.03 bits per heavy atom. The first-order chi connectivity index (χ1) is 16.7. The first-order valence-corrected chi connectivity index (χ1v) is 10.5. The number of benzene rings is 1. The minimum absolute atomic E-state index is 0.0390. The Morgan fingerprint density at radius 3 is 2.11 bits per heavy atom. The van der Waals surface area contributed by atoms with Crippen molar-refractivity contribution in [3.05, 3.63) is 55.9 Å². The molecule has 0 saturated carbocycles. The second-order valence-corrected chi connectivity index (χ2v) is 7.37. The summed E-state index contributed by atoms with van der Waals surface area (Å²) in [5.41, 5.74) is 0.0598. The third kappa shape index (κ3) is 7.55. The summed E-state index contributed by atoms with van der Waals surface area (Å²) < 4.78 is 15.1. The molecule has 35 heavy (non-hydrogen) atoms. The Hall–Kier alpha value is -3.91. The molecule has 0 unspecified atom stereocenters. The van der Waals surface area contributed by atoms with Crippen LogP contribution in [0.4, 0.5) is 23.0 Å². The van der Waals surface area contributed by atoms with E-state index in [1.54, 1.807) is 11.8 Å². The fraction of sp³-hybridized carbons (Fsp3) is 0.476. The lowest BCUT2D eigenvalue weighted by Gasteiger charge is -2.24. The molecule has 0 aliphatic heterocycles. The minimum Gasteiger partial charge on any atom is -0.467 e. The number of methoxy groups -OCH3 is 3. The van der Waals surface area contributed by atoms with E-state index in [-0.39, 0.29) is 42.8 Å². The molecule has 0 fully saturated rings. The normalized spacial score (nSPS) is 11.5. The maximum atomic E-state index is 12.5. The molecule has 1 N–H and O–H groups in total. The highest BCUT2D eigenvalue weighted by molar-refractivity contribution is 5.82. The predicted molar refractivity (Wildman–Crippen MR) is 126 cm³/mol. The molecule has 0 saturated heterocycles. The number of carbonyl (C=O) groups is 1. The number of hydrogen-bond donors (Lipinski definition) is 1. The number of aryl methyl sites for hydroxylation is 1. The number of ether oxygens (including phenoxy) is 3. The first kappa shape index (κ1) is 27.3. The van der Waals surface area contributed by atoms with Gasteiger partial charge in [0.2, 0.25) is 11.6 Å². The number of esters is 1. The Bertz CT molecular complexity index is 1030. The number of carbonyl (C=O) groups excluding carboxylic acids is 1. The molecule has 0 amide bonds. The van der Waals surface area contributed by atoms with E-state index < -0.39 is 27.5 Å². The molecule has 14 nitrogen and oxygen atoms in total. The van der Waals surface area contributed by atoms with E-state index in [1.807, 2.05) is 0 Å². The SMILES string of the molecule is COCCN(CCOC)c1nc(C)nc(N[C@@H](Cc2ccc([N+](=O)[O-])cc2)C(=O)OC)c1[N+](=O)[O-]. The molecule has 14 heteroatoms. The van der Waals surface area contributed by atoms with E-state index in [4.69, 9.17) is 14.2 Å². The lowest BCUT2D eigenvalue weighted by atomic mass is 10.1. The number of anilines is 2. The summed E-state index contributed by atoms with van der Waals surface area (Å²) in [4.78, 5) is 44.5. The van der Waals surface area contributed by atoms with Crippen LogP contribution >= 0.6 is 0 Å². The molecule has 2 rings (SSSR count). The van der Waals surface area contributed by atoms with Crippen molar-refractivity contribution in [2.45, 2.75) is 19.4 Å². The second-order valence-electron chi connectivity index (χ2n) is 7.37. The predicted octanol–water partition coefficient (Wildman–Crippen LogP) is 1.90. The zero-order valence-electron chi connectivity index (χ0n) is 19.9. The van der Waals surface area contributed by atoms with Crippen LogP contribution in [0.2, 0.25) is 0 Å². The van der Waals surface area contributed by atoms with Gasteiger partial charge in [-0.3, -0.25) is 20.2 Å². The van der Waals surface area contributed by atoms with Crippen molar-refractivity contribution in [1.29, 1.82) is 0 Å². The summed E-state index contributed by atoms with van der Waals surface area (Å²) >= 11 is 0. The van der Waals surface area contributed by atoms with Gasteiger partial charge in [-0.2, -0.15) is 0 Å². The monoisotopic (exact) mass is 492 g/mol. The molecule has 1 atom stereocenters. The van der Waals surface area contributed by atoms with Crippen molar-refractivity contribution < 1.29 is 28.9 Å². The number of nitro groups is 2. The van der Waals surface area contributed by atoms with Crippen LogP contribution in [0.25, 0.3) is 0 Å². The molecular weight excluding hydrogens is 464 g/mol. The van der Waals surface area contributed by atoms with Crippen LogP contribution in [0.3, 0.4) is 0 Å². The number of nitrogens with zero attached hydrogens (tertiary/aromatic N) is 5. The number of nitro benzene ring substituents is 1. The van der Waals surface area contributed by atoms with Crippen LogP contribution in [-0.2, 0) is 25.4 Å². The largest absolute Gasteiger partial charge is 0.467 e. The van der Waals surface area contributed by atoms with Gasteiger partial charge in [0.25, 0.3) is 5.69 Å². The first-order valence-electron chi connectivity index (χ1n) is 10.5. The molecule has 190 valence electrons. The summed E-state index contributed by atoms with van der Waals surface area (Å²) in [6.45, 7) is 2.77. The average Bonchev–Trinajstić information content (AvgIpc) is 2.83. The van der Waals surface area contributed by atoms with Crippen molar-refractivity contribution in [2.75, 3.05) is 57.8 Å². The average molecular weight is 492 g/mol. The smallest absolute Gasteiger partial charge is 0.353 e. The minimum atomic E-state index is -1.06. The lowest BCUT2D eigenvalue weighted by molar-refractivity contribution is -0.384. The van der Waals surface area contributed by atoms with Crippen LogP contribution in [-0.4, -0.2) is 79.5 Å². The Morgan fingerprint density at radius 2 is 1.63 bits per heavy atom. The van der Waals surface area contributed by atoms with Gasteiger partial charge < -0.3 is 24.4 Å². The zero-order valence-corrected chi connectivity index (χ0v) is 19.9. The van der Waals surface area contributed by atoms with Crippen LogP contribution < -0.4 is 10.2 Å². The Kier molecular flexibility index (Phi) is 10.2. The summed E-state index contributed by atoms with van der Waals surface area (Å²) in [5, 5.41) is 25.8. The number of rotatable bonds is 14. The molecule has 1 aromatic heterocycles. The van der Waals surface area contributed by atoms with Gasteiger partial charge in [-0.25, -0.2) is 14.8 Å². The number of non-ortho nitro benzene ring substituents is 1. The van der Waals surface area contributed by atoms with Crippen molar-refractivity contribution >= 4 is 29.0 Å². The highest BCUT2D eigenvalue weighted by atomic mass is 16.6. The summed E-state index contributed by atoms with van der Waals surface area (Å²) in [6, 6.07) is 4.55. The van der Waals surface area contributed by atoms with Crippen LogP contribution in [0.15, 0.2) is 24.3 Å². The van der Waals surface area contributed by atoms with Crippen molar-refractivity contribution in [2.24, 2.45) is 0 Å². The summed E-state index contributed by atoms with van der Waals surface area (Å²) in [5.74, 6) is -0.550. The highest BCUT2D eigenvalue weighted by Gasteiger charge is 2.31. The Labute approximate surface area is 201 Å². The van der Waals surface area contributed by atoms with Crippen LogP contribution in [0.5, 0.6) is 0 Å². The fourth-order valence-corrected chi connectivity index (χ4v) is 3.26. The van der Waals surface area contributed by atoms with E-state index in [0.29, 0.717) is 18.7 Å². The molecule has 0 aliphatic carbocycles. The second kappa shape index (κ2) is 13.1. The molecule has 0 radical (unpaired) electrons. The van der Waals surface area contributed by atoms with Crippen LogP contribution in [0, 0.1) is 27.2 Å². The van der Waals surface area contributed by atoms with Gasteiger partial charge >= 0.3 is 11.7 Å². The molecule has 2 aromatic rings. The quantitative estimate of drug-likeness (QED) is 0.231. The van der Waals surface area contributed by atoms with Crippen LogP contribution in [0.1, 0.15) is 11.4 Å². The van der Waals surface area contributed by atoms with Gasteiger partial charge in [0.05, 0.1) is 30.2 Å². The topological polar surface area (TPSA) is 172 Å². The van der Waals surface area contributed by atoms with E-state index in [0.717, 1.165) is 0 Å². The maximum Gasteiger partial charge on any atom is 0.353 e. The third-order valence-corrected chi connectivity index (χ3v) is 4.97. The zero-order chi connectivity index (χ0) is 26.0. The molecular formula is C21H28N6O8. The molecule has 1 aromatic carbocycles. The highest BCUT2D eigenvalue weighted by Crippen LogP contribution is 2.33. The van der Waals surface area contributed by atoms with Gasteiger partial charge in [-0.15, -0.1) is 0 Å². The standard InChI is InChI=1S/C21H28N6O8/c1-14-22-19(18(27(31)32)20(23-14)25(9-11-33-2)10-12-34-3)24-17(21(28)35-4)13-15-5-7-16(8-6-15)26(29)30/h5-8,17H,9-13H2,1-4H3,(H,22,23,24)/t17-/m0/s1. The molecule has 1 heterocycles. The van der Waals surface area contributed by atoms with Gasteiger partial charge in [0.15, 0.2) is 0 Å². The Balaban J connectivity index is 2.47. The van der Waals surface area contributed by atoms with E-state index in [9.17, 15) is 25.0 Å². The van der Waals surface area contributed by atoms with Gasteiger partial charge in [0, 0.05) is 45.9 Å². The number of aromatic nitrogens is 2. The van der Waals surface area contributed by atoms with Crippen molar-refractivity contribution in [1.82, 2.24) is 9.97 Å². The van der Waals surface area contributed by atoms with Crippen molar-refractivity contribution in [3.8, 4) is 0 Å². The number of nitrogens with one attached hydrogen (secondary N) is 1. The van der Waals surface area contributed by atoms with Gasteiger partial charge in [-0.1, -0.05) is 12.1 Å². The fourth-order valence-electron chi connectivity index (χ4n) is 3.26. The van der Waals surface area contributed by atoms with Gasteiger partial charge in [-0.05, 0) is 12.5 Å². The summed E-state index contributed by atoms with van der Waals surface area (Å²) in [7, 11) is 4.22. The lowest BCUT2D eigenvalue weighted by Crippen LogP contribution is -2.35. The maximum absolute atomic E-state index is 12.5. The van der Waals surface area contributed by atoms with E-state index in [2.05, 4.69) is 15.3 Å². The molecule has 0 bridgehead atoms. The van der Waals surface area contributed by atoms with E-state index >= 15 is 0 Å². The summed E-state index contributed by atoms with van der Waals surface area (Å²) in [6.07, 6.45) is 0.0390. The molecule has 0 spiro atoms. The number of hydrogen-bond acceptors (Lipinski definition) is 12. The molecule has 0 aliphatic rings.